The van der Waals surface area contributed by atoms with E-state index in [1.807, 2.05) is 0 Å². The molecule has 1 rings (SSSR count). The van der Waals surface area contributed by atoms with Crippen molar-refractivity contribution < 1.29 is 13.9 Å². The van der Waals surface area contributed by atoms with Crippen LogP contribution < -0.4 is 5.32 Å². The van der Waals surface area contributed by atoms with Crippen molar-refractivity contribution in [1.29, 1.82) is 0 Å². The SMILES string of the molecule is CC(O)Nc1nc(F)nc(F)n1. The second-order valence-electron chi connectivity index (χ2n) is 2.02. The van der Waals surface area contributed by atoms with Crippen LogP contribution in [-0.2, 0) is 0 Å². The Bertz CT molecular complexity index is 260. The van der Waals surface area contributed by atoms with Gasteiger partial charge in [-0.05, 0) is 6.92 Å². The average molecular weight is 176 g/mol. The minimum atomic E-state index is -1.23. The summed E-state index contributed by atoms with van der Waals surface area (Å²) in [5.41, 5.74) is 0. The van der Waals surface area contributed by atoms with Crippen molar-refractivity contribution in [2.24, 2.45) is 0 Å². The molecule has 2 N–H and O–H groups in total. The summed E-state index contributed by atoms with van der Waals surface area (Å²) < 4.78 is 24.5. The fourth-order valence-corrected chi connectivity index (χ4v) is 0.577. The van der Waals surface area contributed by atoms with Gasteiger partial charge in [0.15, 0.2) is 0 Å². The molecular weight excluding hydrogens is 170 g/mol. The first-order chi connectivity index (χ1) is 5.58. The molecule has 0 aliphatic carbocycles. The van der Waals surface area contributed by atoms with E-state index in [9.17, 15) is 8.78 Å². The van der Waals surface area contributed by atoms with Crippen LogP contribution in [-0.4, -0.2) is 26.3 Å². The summed E-state index contributed by atoms with van der Waals surface area (Å²) >= 11 is 0. The smallest absolute Gasteiger partial charge is 0.315 e. The minimum Gasteiger partial charge on any atom is -0.374 e. The lowest BCUT2D eigenvalue weighted by Gasteiger charge is -2.05. The van der Waals surface area contributed by atoms with Gasteiger partial charge in [0.2, 0.25) is 5.95 Å². The Balaban J connectivity index is 2.85. The van der Waals surface area contributed by atoms with Gasteiger partial charge in [-0.15, -0.1) is 0 Å². The van der Waals surface area contributed by atoms with E-state index in [1.54, 1.807) is 0 Å². The summed E-state index contributed by atoms with van der Waals surface area (Å²) in [5.74, 6) is -0.338. The van der Waals surface area contributed by atoms with E-state index < -0.39 is 18.4 Å². The van der Waals surface area contributed by atoms with Crippen molar-refractivity contribution in [2.45, 2.75) is 13.2 Å². The van der Waals surface area contributed by atoms with Gasteiger partial charge in [-0.3, -0.25) is 0 Å². The van der Waals surface area contributed by atoms with Crippen LogP contribution in [0.25, 0.3) is 0 Å². The van der Waals surface area contributed by atoms with Gasteiger partial charge in [-0.2, -0.15) is 23.7 Å². The summed E-state index contributed by atoms with van der Waals surface area (Å²) in [5, 5.41) is 10.9. The molecule has 66 valence electrons. The Morgan fingerprint density at radius 3 is 2.17 bits per heavy atom. The van der Waals surface area contributed by atoms with Gasteiger partial charge < -0.3 is 10.4 Å². The lowest BCUT2D eigenvalue weighted by atomic mass is 10.6. The van der Waals surface area contributed by atoms with Gasteiger partial charge in [-0.25, -0.2) is 0 Å². The number of rotatable bonds is 2. The first-order valence-electron chi connectivity index (χ1n) is 3.09. The normalized spacial score (nSPS) is 12.7. The molecule has 0 saturated carbocycles. The summed E-state index contributed by atoms with van der Waals surface area (Å²) in [6, 6.07) is 0. The fourth-order valence-electron chi connectivity index (χ4n) is 0.577. The summed E-state index contributed by atoms with van der Waals surface area (Å²) in [4.78, 5) is 8.81. The third kappa shape index (κ3) is 2.35. The van der Waals surface area contributed by atoms with Gasteiger partial charge in [-0.1, -0.05) is 0 Å². The second-order valence-corrected chi connectivity index (χ2v) is 2.02. The van der Waals surface area contributed by atoms with E-state index in [0.29, 0.717) is 0 Å². The molecule has 12 heavy (non-hydrogen) atoms. The van der Waals surface area contributed by atoms with Crippen molar-refractivity contribution in [2.75, 3.05) is 5.32 Å². The van der Waals surface area contributed by atoms with Gasteiger partial charge in [0.05, 0.1) is 0 Å². The minimum absolute atomic E-state index is 0.338. The number of nitrogens with zero attached hydrogens (tertiary/aromatic N) is 3. The molecule has 5 nitrogen and oxygen atoms in total. The Hall–Kier alpha value is -1.37. The van der Waals surface area contributed by atoms with Gasteiger partial charge in [0.25, 0.3) is 0 Å². The van der Waals surface area contributed by atoms with Crippen molar-refractivity contribution in [3.63, 3.8) is 0 Å². The maximum Gasteiger partial charge on any atom is 0.315 e. The molecule has 7 heteroatoms. The number of hydrogen-bond donors (Lipinski definition) is 2. The zero-order valence-corrected chi connectivity index (χ0v) is 6.12. The van der Waals surface area contributed by atoms with Gasteiger partial charge >= 0.3 is 12.2 Å². The van der Waals surface area contributed by atoms with Crippen molar-refractivity contribution >= 4 is 5.95 Å². The van der Waals surface area contributed by atoms with Crippen LogP contribution in [0.1, 0.15) is 6.92 Å². The van der Waals surface area contributed by atoms with Crippen LogP contribution in [0.2, 0.25) is 0 Å². The predicted octanol–water partition coefficient (Wildman–Crippen LogP) is -0.100. The van der Waals surface area contributed by atoms with E-state index in [1.165, 1.54) is 6.92 Å². The average Bonchev–Trinajstić information content (AvgIpc) is 1.81. The molecule has 1 heterocycles. The molecule has 0 spiro atoms. The highest BCUT2D eigenvalue weighted by Gasteiger charge is 2.05. The largest absolute Gasteiger partial charge is 0.374 e. The molecule has 1 atom stereocenters. The highest BCUT2D eigenvalue weighted by atomic mass is 19.1. The maximum atomic E-state index is 12.3. The third-order valence-corrected chi connectivity index (χ3v) is 0.919. The molecule has 0 amide bonds. The maximum absolute atomic E-state index is 12.3. The van der Waals surface area contributed by atoms with Crippen LogP contribution in [0.4, 0.5) is 14.7 Å². The van der Waals surface area contributed by atoms with Crippen molar-refractivity contribution in [1.82, 2.24) is 15.0 Å². The third-order valence-electron chi connectivity index (χ3n) is 0.919. The van der Waals surface area contributed by atoms with E-state index in [4.69, 9.17) is 5.11 Å². The molecule has 0 saturated heterocycles. The molecule has 0 aliphatic rings. The Morgan fingerprint density at radius 2 is 1.75 bits per heavy atom. The molecular formula is C5H6F2N4O. The van der Waals surface area contributed by atoms with E-state index in [0.717, 1.165) is 0 Å². The topological polar surface area (TPSA) is 70.9 Å². The van der Waals surface area contributed by atoms with Gasteiger partial charge in [0, 0.05) is 0 Å². The summed E-state index contributed by atoms with van der Waals surface area (Å²) in [7, 11) is 0. The van der Waals surface area contributed by atoms with E-state index in [-0.39, 0.29) is 5.95 Å². The monoisotopic (exact) mass is 176 g/mol. The number of aliphatic hydroxyl groups is 1. The predicted molar refractivity (Wildman–Crippen MR) is 35.0 cm³/mol. The van der Waals surface area contributed by atoms with Gasteiger partial charge in [0.1, 0.15) is 6.23 Å². The van der Waals surface area contributed by atoms with Crippen LogP contribution in [0.15, 0.2) is 0 Å². The number of aliphatic hydroxyl groups excluding tert-OH is 1. The first kappa shape index (κ1) is 8.72. The second kappa shape index (κ2) is 3.35. The number of anilines is 1. The number of nitrogens with one attached hydrogen (secondary N) is 1. The lowest BCUT2D eigenvalue weighted by molar-refractivity contribution is 0.222. The summed E-state index contributed by atoms with van der Waals surface area (Å²) in [6.07, 6.45) is -3.44. The highest BCUT2D eigenvalue weighted by Crippen LogP contribution is 1.99. The number of hydrogen-bond acceptors (Lipinski definition) is 5. The molecule has 0 aromatic carbocycles. The lowest BCUT2D eigenvalue weighted by Crippen LogP contribution is -2.17. The standard InChI is InChI=1S/C5H6F2N4O/c1-2(12)8-5-10-3(6)9-4(7)11-5/h2,12H,1H3,(H,8,9,10,11). The quantitative estimate of drug-likeness (QED) is 0.615. The number of halogens is 2. The zero-order chi connectivity index (χ0) is 9.14. The Kier molecular flexibility index (Phi) is 2.44. The molecule has 0 radical (unpaired) electrons. The first-order valence-corrected chi connectivity index (χ1v) is 3.09. The number of aromatic nitrogens is 3. The van der Waals surface area contributed by atoms with Crippen LogP contribution in [0, 0.1) is 12.2 Å². The molecule has 1 aromatic heterocycles. The van der Waals surface area contributed by atoms with Crippen LogP contribution >= 0.6 is 0 Å². The fraction of sp³-hybridized carbons (Fsp3) is 0.400. The van der Waals surface area contributed by atoms with Crippen molar-refractivity contribution in [3.8, 4) is 0 Å². The molecule has 1 aromatic rings. The van der Waals surface area contributed by atoms with Crippen LogP contribution in [0.5, 0.6) is 0 Å². The van der Waals surface area contributed by atoms with E-state index >= 15 is 0 Å². The summed E-state index contributed by atoms with van der Waals surface area (Å²) in [6.45, 7) is 1.36. The molecule has 1 unspecified atom stereocenters. The molecule has 0 bridgehead atoms. The van der Waals surface area contributed by atoms with Crippen LogP contribution in [0.3, 0.4) is 0 Å². The Labute approximate surface area is 66.5 Å². The Morgan fingerprint density at radius 1 is 1.25 bits per heavy atom. The highest BCUT2D eigenvalue weighted by molar-refractivity contribution is 5.21. The van der Waals surface area contributed by atoms with E-state index in [2.05, 4.69) is 20.3 Å². The van der Waals surface area contributed by atoms with Crippen molar-refractivity contribution in [3.05, 3.63) is 12.2 Å². The zero-order valence-electron chi connectivity index (χ0n) is 6.12. The molecule has 0 aliphatic heterocycles. The molecule has 0 fully saturated rings.